The van der Waals surface area contributed by atoms with E-state index in [2.05, 4.69) is 5.32 Å². The molecule has 0 fully saturated rings. The summed E-state index contributed by atoms with van der Waals surface area (Å²) in [5, 5.41) is 3.00. The fraction of sp³-hybridized carbons (Fsp3) is 0.0500. The highest BCUT2D eigenvalue weighted by molar-refractivity contribution is 6.07. The minimum absolute atomic E-state index is 0.120. The van der Waals surface area contributed by atoms with Crippen LogP contribution in [0.4, 0.5) is 11.4 Å². The highest BCUT2D eigenvalue weighted by Crippen LogP contribution is 2.32. The number of aryl methyl sites for hydroxylation is 1. The molecule has 23 heavy (non-hydrogen) atoms. The van der Waals surface area contributed by atoms with Gasteiger partial charge in [0.15, 0.2) is 0 Å². The Bertz CT molecular complexity index is 856. The average Bonchev–Trinajstić information content (AvgIpc) is 2.56. The third-order valence-corrected chi connectivity index (χ3v) is 3.82. The van der Waals surface area contributed by atoms with E-state index in [1.807, 2.05) is 79.7 Å². The number of nitrogen functional groups attached to an aromatic ring is 1. The first-order valence-electron chi connectivity index (χ1n) is 7.47. The molecule has 0 saturated heterocycles. The van der Waals surface area contributed by atoms with Gasteiger partial charge < -0.3 is 11.1 Å². The van der Waals surface area contributed by atoms with Gasteiger partial charge in [0.2, 0.25) is 0 Å². The van der Waals surface area contributed by atoms with Crippen LogP contribution in [-0.4, -0.2) is 5.91 Å². The van der Waals surface area contributed by atoms with Gasteiger partial charge in [-0.2, -0.15) is 0 Å². The highest BCUT2D eigenvalue weighted by Gasteiger charge is 2.12. The third kappa shape index (κ3) is 3.09. The van der Waals surface area contributed by atoms with Crippen molar-refractivity contribution in [2.45, 2.75) is 6.92 Å². The summed E-state index contributed by atoms with van der Waals surface area (Å²) in [5.74, 6) is -0.120. The lowest BCUT2D eigenvalue weighted by molar-refractivity contribution is 0.102. The first-order valence-corrected chi connectivity index (χ1v) is 7.47. The number of amides is 1. The SMILES string of the molecule is Cc1ccccc1C(=O)Nc1ccccc1-c1ccccc1N. The highest BCUT2D eigenvalue weighted by atomic mass is 16.1. The molecule has 0 aliphatic rings. The van der Waals surface area contributed by atoms with Crippen LogP contribution in [0.1, 0.15) is 15.9 Å². The zero-order valence-electron chi connectivity index (χ0n) is 12.9. The number of nitrogens with two attached hydrogens (primary N) is 1. The maximum absolute atomic E-state index is 12.6. The predicted octanol–water partition coefficient (Wildman–Crippen LogP) is 4.50. The normalized spacial score (nSPS) is 10.3. The third-order valence-electron chi connectivity index (χ3n) is 3.82. The van der Waals surface area contributed by atoms with Crippen molar-refractivity contribution in [1.82, 2.24) is 0 Å². The molecule has 0 heterocycles. The van der Waals surface area contributed by atoms with Crippen molar-refractivity contribution in [2.24, 2.45) is 0 Å². The minimum atomic E-state index is -0.120. The largest absolute Gasteiger partial charge is 0.398 e. The Morgan fingerprint density at radius 1 is 0.826 bits per heavy atom. The van der Waals surface area contributed by atoms with E-state index < -0.39 is 0 Å². The van der Waals surface area contributed by atoms with Crippen LogP contribution in [0.15, 0.2) is 72.8 Å². The molecule has 0 aromatic heterocycles. The van der Waals surface area contributed by atoms with Gasteiger partial charge in [-0.05, 0) is 30.7 Å². The molecule has 0 spiro atoms. The molecule has 3 N–H and O–H groups in total. The molecular weight excluding hydrogens is 284 g/mol. The van der Waals surface area contributed by atoms with Gasteiger partial charge in [-0.3, -0.25) is 4.79 Å². The Kier molecular flexibility index (Phi) is 4.11. The van der Waals surface area contributed by atoms with Crippen LogP contribution in [-0.2, 0) is 0 Å². The van der Waals surface area contributed by atoms with Gasteiger partial charge >= 0.3 is 0 Å². The molecule has 3 nitrogen and oxygen atoms in total. The van der Waals surface area contributed by atoms with Crippen LogP contribution in [0.3, 0.4) is 0 Å². The van der Waals surface area contributed by atoms with Crippen LogP contribution < -0.4 is 11.1 Å². The van der Waals surface area contributed by atoms with Crippen LogP contribution in [0.25, 0.3) is 11.1 Å². The summed E-state index contributed by atoms with van der Waals surface area (Å²) in [7, 11) is 0. The molecule has 0 atom stereocenters. The Morgan fingerprint density at radius 3 is 2.17 bits per heavy atom. The van der Waals surface area contributed by atoms with E-state index in [0.29, 0.717) is 11.3 Å². The number of rotatable bonds is 3. The van der Waals surface area contributed by atoms with Crippen molar-refractivity contribution in [3.8, 4) is 11.1 Å². The lowest BCUT2D eigenvalue weighted by Crippen LogP contribution is -2.14. The molecule has 0 unspecified atom stereocenters. The Balaban J connectivity index is 1.98. The molecule has 0 radical (unpaired) electrons. The second-order valence-corrected chi connectivity index (χ2v) is 5.40. The van der Waals surface area contributed by atoms with E-state index in [4.69, 9.17) is 5.73 Å². The van der Waals surface area contributed by atoms with Crippen molar-refractivity contribution in [3.63, 3.8) is 0 Å². The monoisotopic (exact) mass is 302 g/mol. The maximum atomic E-state index is 12.6. The van der Waals surface area contributed by atoms with Crippen LogP contribution >= 0.6 is 0 Å². The summed E-state index contributed by atoms with van der Waals surface area (Å²) in [6, 6.07) is 22.9. The molecule has 3 aromatic rings. The maximum Gasteiger partial charge on any atom is 0.255 e. The minimum Gasteiger partial charge on any atom is -0.398 e. The van der Waals surface area contributed by atoms with Crippen LogP contribution in [0.5, 0.6) is 0 Å². The first-order chi connectivity index (χ1) is 11.2. The predicted molar refractivity (Wildman–Crippen MR) is 95.4 cm³/mol. The second kappa shape index (κ2) is 6.36. The number of hydrogen-bond donors (Lipinski definition) is 2. The number of para-hydroxylation sites is 2. The number of anilines is 2. The standard InChI is InChI=1S/C20H18N2O/c1-14-8-2-3-9-15(14)20(23)22-19-13-7-5-11-17(19)16-10-4-6-12-18(16)21/h2-13H,21H2,1H3,(H,22,23). The molecule has 0 saturated carbocycles. The van der Waals surface area contributed by atoms with Crippen molar-refractivity contribution >= 4 is 17.3 Å². The van der Waals surface area contributed by atoms with Gasteiger partial charge in [0.25, 0.3) is 5.91 Å². The molecule has 3 rings (SSSR count). The van der Waals surface area contributed by atoms with E-state index in [1.54, 1.807) is 0 Å². The van der Waals surface area contributed by atoms with Gasteiger partial charge in [-0.15, -0.1) is 0 Å². The number of benzene rings is 3. The van der Waals surface area contributed by atoms with E-state index in [9.17, 15) is 4.79 Å². The van der Waals surface area contributed by atoms with Crippen molar-refractivity contribution in [3.05, 3.63) is 83.9 Å². The quantitative estimate of drug-likeness (QED) is 0.700. The Hall–Kier alpha value is -3.07. The van der Waals surface area contributed by atoms with Crippen LogP contribution in [0, 0.1) is 6.92 Å². The van der Waals surface area contributed by atoms with Gasteiger partial charge in [0, 0.05) is 28.1 Å². The lowest BCUT2D eigenvalue weighted by Gasteiger charge is -2.13. The Morgan fingerprint density at radius 2 is 1.43 bits per heavy atom. The Labute approximate surface area is 135 Å². The number of carbonyl (C=O) groups excluding carboxylic acids is 1. The molecular formula is C20H18N2O. The van der Waals surface area contributed by atoms with E-state index in [1.165, 1.54) is 0 Å². The molecule has 0 aliphatic heterocycles. The number of hydrogen-bond acceptors (Lipinski definition) is 2. The van der Waals surface area contributed by atoms with Gasteiger partial charge in [0.05, 0.1) is 0 Å². The van der Waals surface area contributed by atoms with Crippen molar-refractivity contribution in [1.29, 1.82) is 0 Å². The fourth-order valence-electron chi connectivity index (χ4n) is 2.59. The van der Waals surface area contributed by atoms with Gasteiger partial charge in [0.1, 0.15) is 0 Å². The summed E-state index contributed by atoms with van der Waals surface area (Å²) in [4.78, 5) is 12.6. The van der Waals surface area contributed by atoms with Crippen molar-refractivity contribution in [2.75, 3.05) is 11.1 Å². The molecule has 0 bridgehead atoms. The topological polar surface area (TPSA) is 55.1 Å². The molecule has 3 heteroatoms. The summed E-state index contributed by atoms with van der Waals surface area (Å²) < 4.78 is 0. The van der Waals surface area contributed by atoms with Crippen molar-refractivity contribution < 1.29 is 4.79 Å². The molecule has 0 aliphatic carbocycles. The lowest BCUT2D eigenvalue weighted by atomic mass is 10.0. The fourth-order valence-corrected chi connectivity index (χ4v) is 2.59. The van der Waals surface area contributed by atoms with Gasteiger partial charge in [-0.25, -0.2) is 0 Å². The van der Waals surface area contributed by atoms with E-state index >= 15 is 0 Å². The summed E-state index contributed by atoms with van der Waals surface area (Å²) in [5.41, 5.74) is 10.9. The smallest absolute Gasteiger partial charge is 0.255 e. The molecule has 3 aromatic carbocycles. The molecule has 1 amide bonds. The zero-order valence-corrected chi connectivity index (χ0v) is 12.9. The average molecular weight is 302 g/mol. The zero-order chi connectivity index (χ0) is 16.2. The van der Waals surface area contributed by atoms with Crippen LogP contribution in [0.2, 0.25) is 0 Å². The summed E-state index contributed by atoms with van der Waals surface area (Å²) in [6.07, 6.45) is 0. The van der Waals surface area contributed by atoms with E-state index in [-0.39, 0.29) is 5.91 Å². The second-order valence-electron chi connectivity index (χ2n) is 5.40. The first kappa shape index (κ1) is 14.9. The summed E-state index contributed by atoms with van der Waals surface area (Å²) in [6.45, 7) is 1.93. The summed E-state index contributed by atoms with van der Waals surface area (Å²) >= 11 is 0. The molecule has 114 valence electrons. The van der Waals surface area contributed by atoms with E-state index in [0.717, 1.165) is 22.4 Å². The number of carbonyl (C=O) groups is 1. The van der Waals surface area contributed by atoms with Gasteiger partial charge in [-0.1, -0.05) is 54.6 Å². The number of nitrogens with one attached hydrogen (secondary N) is 1.